The lowest BCUT2D eigenvalue weighted by atomic mass is 10.1. The Kier molecular flexibility index (Phi) is 21.3. The molecule has 0 atom stereocenters. The van der Waals surface area contributed by atoms with E-state index in [0.29, 0.717) is 0 Å². The van der Waals surface area contributed by atoms with Crippen molar-refractivity contribution < 1.29 is 4.84 Å². The molecule has 0 amide bonds. The lowest BCUT2D eigenvalue weighted by molar-refractivity contribution is 0.0387. The molecule has 0 aromatic carbocycles. The number of allylic oxidation sites excluding steroid dienone is 2. The quantitative estimate of drug-likeness (QED) is 0.157. The second-order valence-electron chi connectivity index (χ2n) is 6.68. The average Bonchev–Trinajstić information content (AvgIpc) is 2.57. The molecule has 0 spiro atoms. The molecule has 0 aliphatic carbocycles. The van der Waals surface area contributed by atoms with Crippen LogP contribution in [0, 0.1) is 0 Å². The first-order valence-electron chi connectivity index (χ1n) is 10.4. The van der Waals surface area contributed by atoms with Crippen LogP contribution in [0.4, 0.5) is 0 Å². The van der Waals surface area contributed by atoms with Crippen molar-refractivity contribution in [1.29, 1.82) is 0 Å². The molecule has 2 heteroatoms. The first-order valence-corrected chi connectivity index (χ1v) is 10.4. The van der Waals surface area contributed by atoms with E-state index in [1.54, 1.807) is 0 Å². The zero-order chi connectivity index (χ0) is 16.8. The Bertz CT molecular complexity index is 228. The van der Waals surface area contributed by atoms with Crippen molar-refractivity contribution in [3.63, 3.8) is 0 Å². The highest BCUT2D eigenvalue weighted by Gasteiger charge is 1.92. The molecule has 23 heavy (non-hydrogen) atoms. The maximum Gasteiger partial charge on any atom is 0.0682 e. The van der Waals surface area contributed by atoms with E-state index in [2.05, 4.69) is 31.5 Å². The van der Waals surface area contributed by atoms with Gasteiger partial charge in [0.15, 0.2) is 0 Å². The Balaban J connectivity index is 3.02. The molecule has 0 saturated carbocycles. The van der Waals surface area contributed by atoms with Crippen LogP contribution in [0.1, 0.15) is 110 Å². The largest absolute Gasteiger partial charge is 0.302 e. The Hall–Kier alpha value is -0.340. The van der Waals surface area contributed by atoms with Crippen LogP contribution in [-0.2, 0) is 4.84 Å². The molecule has 0 aromatic rings. The summed E-state index contributed by atoms with van der Waals surface area (Å²) in [5, 5.41) is 0. The van der Waals surface area contributed by atoms with Crippen molar-refractivity contribution in [2.45, 2.75) is 110 Å². The summed E-state index contributed by atoms with van der Waals surface area (Å²) in [7, 11) is 0. The van der Waals surface area contributed by atoms with Crippen LogP contribution in [0.25, 0.3) is 0 Å². The number of rotatable bonds is 19. The summed E-state index contributed by atoms with van der Waals surface area (Å²) in [5.74, 6) is 0. The Morgan fingerprint density at radius 1 is 0.609 bits per heavy atom. The highest BCUT2D eigenvalue weighted by molar-refractivity contribution is 4.81. The van der Waals surface area contributed by atoms with Crippen LogP contribution in [0.5, 0.6) is 0 Å². The molecule has 0 radical (unpaired) electrons. The van der Waals surface area contributed by atoms with Gasteiger partial charge in [-0.05, 0) is 38.5 Å². The molecule has 0 saturated heterocycles. The summed E-state index contributed by atoms with van der Waals surface area (Å²) in [6.07, 6.45) is 24.9. The van der Waals surface area contributed by atoms with Gasteiger partial charge in [-0.2, -0.15) is 0 Å². The molecular weight excluding hydrogens is 282 g/mol. The van der Waals surface area contributed by atoms with Gasteiger partial charge in [-0.1, -0.05) is 83.8 Å². The molecule has 0 aliphatic heterocycles. The predicted octanol–water partition coefficient (Wildman–Crippen LogP) is 6.96. The fraction of sp³-hybridized carbons (Fsp3) is 0.905. The van der Waals surface area contributed by atoms with E-state index in [4.69, 9.17) is 4.84 Å². The molecule has 0 heterocycles. The number of unbranched alkanes of at least 4 members (excludes halogenated alkanes) is 12. The summed E-state index contributed by atoms with van der Waals surface area (Å²) in [6.45, 7) is 6.26. The highest BCUT2D eigenvalue weighted by Crippen LogP contribution is 2.09. The minimum absolute atomic E-state index is 0.862. The normalized spacial score (nSPS) is 11.6. The zero-order valence-corrected chi connectivity index (χ0v) is 16.1. The molecule has 0 bridgehead atoms. The second kappa shape index (κ2) is 21.7. The van der Waals surface area contributed by atoms with E-state index in [1.807, 2.05) is 0 Å². The van der Waals surface area contributed by atoms with Gasteiger partial charge in [0.2, 0.25) is 0 Å². The molecule has 0 unspecified atom stereocenters. The first-order chi connectivity index (χ1) is 11.4. The van der Waals surface area contributed by atoms with Crippen LogP contribution in [0.3, 0.4) is 0 Å². The van der Waals surface area contributed by atoms with Gasteiger partial charge in [0.25, 0.3) is 0 Å². The van der Waals surface area contributed by atoms with Crippen molar-refractivity contribution in [3.05, 3.63) is 12.2 Å². The Labute approximate surface area is 146 Å². The van der Waals surface area contributed by atoms with Crippen molar-refractivity contribution in [3.8, 4) is 0 Å². The van der Waals surface area contributed by atoms with Gasteiger partial charge in [0.1, 0.15) is 0 Å². The smallest absolute Gasteiger partial charge is 0.0682 e. The molecule has 0 fully saturated rings. The topological polar surface area (TPSA) is 21.3 Å². The van der Waals surface area contributed by atoms with Crippen LogP contribution in [-0.4, -0.2) is 13.2 Å². The molecule has 0 aromatic heterocycles. The van der Waals surface area contributed by atoms with Crippen LogP contribution < -0.4 is 5.48 Å². The van der Waals surface area contributed by atoms with E-state index in [9.17, 15) is 0 Å². The van der Waals surface area contributed by atoms with E-state index in [-0.39, 0.29) is 0 Å². The van der Waals surface area contributed by atoms with Crippen molar-refractivity contribution in [2.75, 3.05) is 13.2 Å². The van der Waals surface area contributed by atoms with Gasteiger partial charge in [0, 0.05) is 6.54 Å². The van der Waals surface area contributed by atoms with Gasteiger partial charge in [-0.3, -0.25) is 0 Å². The predicted molar refractivity (Wildman–Crippen MR) is 104 cm³/mol. The summed E-state index contributed by atoms with van der Waals surface area (Å²) in [6, 6.07) is 0. The van der Waals surface area contributed by atoms with Crippen LogP contribution in [0.15, 0.2) is 12.2 Å². The summed E-state index contributed by atoms with van der Waals surface area (Å²) < 4.78 is 0. The Morgan fingerprint density at radius 2 is 1.13 bits per heavy atom. The number of hydroxylamine groups is 1. The average molecular weight is 326 g/mol. The number of hydrogen-bond donors (Lipinski definition) is 1. The number of hydrogen-bond acceptors (Lipinski definition) is 2. The SMILES string of the molecule is CCCCCCCCC=CCCCCCCCCONCCC. The summed E-state index contributed by atoms with van der Waals surface area (Å²) >= 11 is 0. The van der Waals surface area contributed by atoms with Crippen LogP contribution >= 0.6 is 0 Å². The third-order valence-corrected chi connectivity index (χ3v) is 4.21. The first kappa shape index (κ1) is 22.7. The van der Waals surface area contributed by atoms with Gasteiger partial charge < -0.3 is 4.84 Å². The summed E-state index contributed by atoms with van der Waals surface area (Å²) in [5.41, 5.74) is 2.98. The monoisotopic (exact) mass is 325 g/mol. The van der Waals surface area contributed by atoms with Gasteiger partial charge in [-0.15, -0.1) is 0 Å². The maximum absolute atomic E-state index is 5.33. The minimum atomic E-state index is 0.862. The van der Waals surface area contributed by atoms with Crippen molar-refractivity contribution in [1.82, 2.24) is 5.48 Å². The molecular formula is C21H43NO. The van der Waals surface area contributed by atoms with Gasteiger partial charge in [-0.25, -0.2) is 5.48 Å². The maximum atomic E-state index is 5.33. The molecule has 1 N–H and O–H groups in total. The minimum Gasteiger partial charge on any atom is -0.302 e. The van der Waals surface area contributed by atoms with E-state index >= 15 is 0 Å². The van der Waals surface area contributed by atoms with Crippen LogP contribution in [0.2, 0.25) is 0 Å². The molecule has 0 rings (SSSR count). The molecule has 138 valence electrons. The van der Waals surface area contributed by atoms with E-state index in [0.717, 1.165) is 19.6 Å². The van der Waals surface area contributed by atoms with Crippen molar-refractivity contribution in [2.24, 2.45) is 0 Å². The lowest BCUT2D eigenvalue weighted by Gasteiger charge is -2.04. The summed E-state index contributed by atoms with van der Waals surface area (Å²) in [4.78, 5) is 5.33. The molecule has 0 aliphatic rings. The van der Waals surface area contributed by atoms with E-state index < -0.39 is 0 Å². The second-order valence-corrected chi connectivity index (χ2v) is 6.68. The molecule has 2 nitrogen and oxygen atoms in total. The number of nitrogens with one attached hydrogen (secondary N) is 1. The third-order valence-electron chi connectivity index (χ3n) is 4.21. The standard InChI is InChI=1S/C21H43NO/c1-3-5-6-7-8-9-10-11-12-13-14-15-16-17-18-19-21-23-22-20-4-2/h11-12,22H,3-10,13-21H2,1-2H3. The highest BCUT2D eigenvalue weighted by atomic mass is 16.6. The Morgan fingerprint density at radius 3 is 1.70 bits per heavy atom. The fourth-order valence-corrected chi connectivity index (χ4v) is 2.67. The zero-order valence-electron chi connectivity index (χ0n) is 16.1. The van der Waals surface area contributed by atoms with Gasteiger partial charge >= 0.3 is 0 Å². The fourth-order valence-electron chi connectivity index (χ4n) is 2.67. The van der Waals surface area contributed by atoms with Gasteiger partial charge in [0.05, 0.1) is 6.61 Å². The van der Waals surface area contributed by atoms with Crippen molar-refractivity contribution >= 4 is 0 Å². The van der Waals surface area contributed by atoms with E-state index in [1.165, 1.54) is 89.9 Å². The lowest BCUT2D eigenvalue weighted by Crippen LogP contribution is -2.15. The third kappa shape index (κ3) is 21.7.